The van der Waals surface area contributed by atoms with Gasteiger partial charge in [-0.05, 0) is 31.0 Å². The Kier molecular flexibility index (Phi) is 5.37. The smallest absolute Gasteiger partial charge is 0.230 e. The number of carbonyl (C=O) groups excluding carboxylic acids is 1. The maximum Gasteiger partial charge on any atom is 0.230 e. The summed E-state index contributed by atoms with van der Waals surface area (Å²) < 4.78 is 25.8. The lowest BCUT2D eigenvalue weighted by atomic mass is 9.93. The number of halogens is 2. The molecule has 0 unspecified atom stereocenters. The van der Waals surface area contributed by atoms with Gasteiger partial charge >= 0.3 is 0 Å². The molecule has 1 aliphatic rings. The van der Waals surface area contributed by atoms with Crippen LogP contribution in [-0.2, 0) is 4.79 Å². The number of nitrogens with one attached hydrogen (secondary N) is 1. The Hall–Kier alpha value is -1.14. The Morgan fingerprint density at radius 1 is 1.30 bits per heavy atom. The molecule has 0 spiro atoms. The summed E-state index contributed by atoms with van der Waals surface area (Å²) in [6.07, 6.45) is 2.99. The van der Waals surface area contributed by atoms with Gasteiger partial charge in [0.2, 0.25) is 5.91 Å². The predicted octanol–water partition coefficient (Wildman–Crippen LogP) is 2.48. The number of rotatable bonds is 4. The predicted molar refractivity (Wildman–Crippen MR) is 73.5 cm³/mol. The first-order valence-electron chi connectivity index (χ1n) is 6.61. The number of amides is 1. The molecule has 0 radical (unpaired) electrons. The molecule has 0 bridgehead atoms. The lowest BCUT2D eigenvalue weighted by Gasteiger charge is -2.28. The van der Waals surface area contributed by atoms with E-state index in [0.717, 1.165) is 43.2 Å². The molecular formula is C14H17F2NO2S. The summed E-state index contributed by atoms with van der Waals surface area (Å²) in [5.41, 5.74) is 0. The number of thioether (sulfide) groups is 1. The van der Waals surface area contributed by atoms with E-state index >= 15 is 0 Å². The highest BCUT2D eigenvalue weighted by atomic mass is 32.2. The molecule has 1 amide bonds. The van der Waals surface area contributed by atoms with E-state index < -0.39 is 17.7 Å². The third-order valence-corrected chi connectivity index (χ3v) is 4.33. The molecule has 1 aromatic rings. The van der Waals surface area contributed by atoms with Crippen molar-refractivity contribution >= 4 is 17.7 Å². The van der Waals surface area contributed by atoms with E-state index in [9.17, 15) is 18.7 Å². The highest BCUT2D eigenvalue weighted by Crippen LogP contribution is 2.21. The van der Waals surface area contributed by atoms with E-state index in [1.54, 1.807) is 0 Å². The molecule has 20 heavy (non-hydrogen) atoms. The highest BCUT2D eigenvalue weighted by Gasteiger charge is 2.24. The Labute approximate surface area is 120 Å². The van der Waals surface area contributed by atoms with Crippen molar-refractivity contribution in [2.75, 3.05) is 5.75 Å². The second-order valence-corrected chi connectivity index (χ2v) is 5.94. The monoisotopic (exact) mass is 301 g/mol. The van der Waals surface area contributed by atoms with Crippen molar-refractivity contribution < 1.29 is 18.7 Å². The molecular weight excluding hydrogens is 284 g/mol. The largest absolute Gasteiger partial charge is 0.391 e. The molecule has 1 saturated carbocycles. The molecule has 0 aliphatic heterocycles. The number of hydrogen-bond donors (Lipinski definition) is 2. The lowest BCUT2D eigenvalue weighted by Crippen LogP contribution is -2.45. The standard InChI is InChI=1S/C14H17F2NO2S/c15-10-6-5-9(7-11(10)16)20-8-14(19)17-12-3-1-2-4-13(12)18/h5-7,12-13,18H,1-4,8H2,(H,17,19)/t12-,13-/m0/s1. The minimum Gasteiger partial charge on any atom is -0.391 e. The number of aliphatic hydroxyl groups is 1. The summed E-state index contributed by atoms with van der Waals surface area (Å²) in [6, 6.07) is 3.36. The van der Waals surface area contributed by atoms with Gasteiger partial charge in [-0.25, -0.2) is 8.78 Å². The third kappa shape index (κ3) is 4.18. The van der Waals surface area contributed by atoms with Crippen LogP contribution in [0.3, 0.4) is 0 Å². The van der Waals surface area contributed by atoms with E-state index in [-0.39, 0.29) is 17.7 Å². The van der Waals surface area contributed by atoms with E-state index in [4.69, 9.17) is 0 Å². The second-order valence-electron chi connectivity index (χ2n) is 4.89. The van der Waals surface area contributed by atoms with E-state index in [0.29, 0.717) is 11.3 Å². The molecule has 3 nitrogen and oxygen atoms in total. The van der Waals surface area contributed by atoms with Crippen molar-refractivity contribution in [3.8, 4) is 0 Å². The average Bonchev–Trinajstić information content (AvgIpc) is 2.43. The number of benzene rings is 1. The van der Waals surface area contributed by atoms with E-state index in [2.05, 4.69) is 5.32 Å². The fourth-order valence-corrected chi connectivity index (χ4v) is 2.98. The van der Waals surface area contributed by atoms with Crippen LogP contribution in [-0.4, -0.2) is 28.9 Å². The van der Waals surface area contributed by atoms with Gasteiger partial charge < -0.3 is 10.4 Å². The fraction of sp³-hybridized carbons (Fsp3) is 0.500. The van der Waals surface area contributed by atoms with Crippen LogP contribution in [0.25, 0.3) is 0 Å². The minimum atomic E-state index is -0.918. The first-order chi connectivity index (χ1) is 9.56. The topological polar surface area (TPSA) is 49.3 Å². The van der Waals surface area contributed by atoms with Gasteiger partial charge in [-0.15, -0.1) is 11.8 Å². The molecule has 110 valence electrons. The Bertz CT molecular complexity index is 484. The quantitative estimate of drug-likeness (QED) is 0.840. The lowest BCUT2D eigenvalue weighted by molar-refractivity contribution is -0.120. The molecule has 1 aliphatic carbocycles. The summed E-state index contributed by atoms with van der Waals surface area (Å²) in [5, 5.41) is 12.5. The molecule has 0 saturated heterocycles. The van der Waals surface area contributed by atoms with Crippen LogP contribution in [0.2, 0.25) is 0 Å². The SMILES string of the molecule is O=C(CSc1ccc(F)c(F)c1)N[C@H]1CCCC[C@@H]1O. The van der Waals surface area contributed by atoms with Gasteiger partial charge in [-0.3, -0.25) is 4.79 Å². The maximum absolute atomic E-state index is 13.0. The minimum absolute atomic E-state index is 0.119. The molecule has 2 rings (SSSR count). The average molecular weight is 301 g/mol. The molecule has 2 atom stereocenters. The van der Waals surface area contributed by atoms with E-state index in [1.165, 1.54) is 6.07 Å². The van der Waals surface area contributed by atoms with Gasteiger partial charge in [0.25, 0.3) is 0 Å². The molecule has 0 heterocycles. The zero-order valence-electron chi connectivity index (χ0n) is 10.9. The van der Waals surface area contributed by atoms with Crippen LogP contribution in [0.15, 0.2) is 23.1 Å². The van der Waals surface area contributed by atoms with Gasteiger partial charge in [0, 0.05) is 4.90 Å². The number of carbonyl (C=O) groups is 1. The number of aliphatic hydroxyl groups excluding tert-OH is 1. The Morgan fingerprint density at radius 3 is 2.75 bits per heavy atom. The highest BCUT2D eigenvalue weighted by molar-refractivity contribution is 8.00. The third-order valence-electron chi connectivity index (χ3n) is 3.34. The summed E-state index contributed by atoms with van der Waals surface area (Å²) in [4.78, 5) is 12.3. The van der Waals surface area contributed by atoms with Crippen molar-refractivity contribution in [3.63, 3.8) is 0 Å². The molecule has 1 fully saturated rings. The summed E-state index contributed by atoms with van der Waals surface area (Å²) in [5.74, 6) is -1.90. The van der Waals surface area contributed by atoms with Crippen LogP contribution < -0.4 is 5.32 Å². The maximum atomic E-state index is 13.0. The fourth-order valence-electron chi connectivity index (χ4n) is 2.24. The Balaban J connectivity index is 1.81. The molecule has 1 aromatic carbocycles. The van der Waals surface area contributed by atoms with Crippen LogP contribution in [0.5, 0.6) is 0 Å². The van der Waals surface area contributed by atoms with Gasteiger partial charge in [-0.1, -0.05) is 12.8 Å². The van der Waals surface area contributed by atoms with Crippen molar-refractivity contribution in [1.29, 1.82) is 0 Å². The zero-order chi connectivity index (χ0) is 14.5. The van der Waals surface area contributed by atoms with Crippen molar-refractivity contribution in [1.82, 2.24) is 5.32 Å². The normalized spacial score (nSPS) is 22.6. The van der Waals surface area contributed by atoms with Gasteiger partial charge in [0.1, 0.15) is 0 Å². The van der Waals surface area contributed by atoms with E-state index in [1.807, 2.05) is 0 Å². The van der Waals surface area contributed by atoms with Crippen LogP contribution in [0.1, 0.15) is 25.7 Å². The van der Waals surface area contributed by atoms with Crippen LogP contribution in [0, 0.1) is 11.6 Å². The molecule has 0 aromatic heterocycles. The first-order valence-corrected chi connectivity index (χ1v) is 7.60. The van der Waals surface area contributed by atoms with Crippen LogP contribution >= 0.6 is 11.8 Å². The summed E-state index contributed by atoms with van der Waals surface area (Å²) in [7, 11) is 0. The summed E-state index contributed by atoms with van der Waals surface area (Å²) in [6.45, 7) is 0. The van der Waals surface area contributed by atoms with Crippen molar-refractivity contribution in [2.24, 2.45) is 0 Å². The van der Waals surface area contributed by atoms with Gasteiger partial charge in [0.15, 0.2) is 11.6 Å². The van der Waals surface area contributed by atoms with Crippen molar-refractivity contribution in [3.05, 3.63) is 29.8 Å². The zero-order valence-corrected chi connectivity index (χ0v) is 11.8. The van der Waals surface area contributed by atoms with Crippen LogP contribution in [0.4, 0.5) is 8.78 Å². The second kappa shape index (κ2) is 7.04. The van der Waals surface area contributed by atoms with Gasteiger partial charge in [-0.2, -0.15) is 0 Å². The molecule has 6 heteroatoms. The Morgan fingerprint density at radius 2 is 2.05 bits per heavy atom. The van der Waals surface area contributed by atoms with Gasteiger partial charge in [0.05, 0.1) is 17.9 Å². The number of hydrogen-bond acceptors (Lipinski definition) is 3. The van der Waals surface area contributed by atoms with Crippen molar-refractivity contribution in [2.45, 2.75) is 42.7 Å². The summed E-state index contributed by atoms with van der Waals surface area (Å²) >= 11 is 1.14. The first kappa shape index (κ1) is 15.3. The molecule has 2 N–H and O–H groups in total.